The molecular weight excluding hydrogens is 240 g/mol. The number of carbonyl (C=O) groups excluding carboxylic acids is 1. The number of rotatable bonds is 1. The van der Waals surface area contributed by atoms with Gasteiger partial charge in [-0.05, 0) is 24.8 Å². The number of aromatic nitrogens is 2. The predicted octanol–water partition coefficient (Wildman–Crippen LogP) is 1.00. The van der Waals surface area contributed by atoms with Crippen molar-refractivity contribution in [1.82, 2.24) is 19.8 Å². The van der Waals surface area contributed by atoms with Gasteiger partial charge in [0.2, 0.25) is 5.91 Å². The standard InChI is InChI=1S/C14H22N4O/c1-14(2)4-3-5-16-12(14)13(19)18-9-8-17-7-6-15-11(17)10-18/h6-7,12,16H,3-5,8-10H2,1-2H3. The third-order valence-corrected chi connectivity index (χ3v) is 4.43. The van der Waals surface area contributed by atoms with E-state index in [2.05, 4.69) is 28.7 Å². The van der Waals surface area contributed by atoms with E-state index in [9.17, 15) is 4.79 Å². The lowest BCUT2D eigenvalue weighted by Crippen LogP contribution is -2.57. The summed E-state index contributed by atoms with van der Waals surface area (Å²) in [5.74, 6) is 1.23. The molecule has 1 saturated heterocycles. The lowest BCUT2D eigenvalue weighted by atomic mass is 9.77. The van der Waals surface area contributed by atoms with Crippen LogP contribution >= 0.6 is 0 Å². The highest BCUT2D eigenvalue weighted by Gasteiger charge is 2.39. The molecule has 1 aromatic rings. The number of piperidine rings is 1. The zero-order valence-corrected chi connectivity index (χ0v) is 11.7. The Morgan fingerprint density at radius 2 is 2.32 bits per heavy atom. The minimum atomic E-state index is -0.0530. The summed E-state index contributed by atoms with van der Waals surface area (Å²) in [6, 6.07) is -0.0530. The molecule has 0 saturated carbocycles. The van der Waals surface area contributed by atoms with Crippen LogP contribution in [0.3, 0.4) is 0 Å². The van der Waals surface area contributed by atoms with E-state index in [0.29, 0.717) is 6.54 Å². The molecule has 5 nitrogen and oxygen atoms in total. The Labute approximate surface area is 114 Å². The Morgan fingerprint density at radius 1 is 1.47 bits per heavy atom. The van der Waals surface area contributed by atoms with Gasteiger partial charge in [0, 0.05) is 25.5 Å². The molecule has 2 aliphatic rings. The maximum atomic E-state index is 12.7. The fourth-order valence-corrected chi connectivity index (χ4v) is 3.18. The van der Waals surface area contributed by atoms with Crippen molar-refractivity contribution in [1.29, 1.82) is 0 Å². The number of hydrogen-bond donors (Lipinski definition) is 1. The SMILES string of the molecule is CC1(C)CCCNC1C(=O)N1CCn2ccnc2C1. The third-order valence-electron chi connectivity index (χ3n) is 4.43. The highest BCUT2D eigenvalue weighted by Crippen LogP contribution is 2.31. The van der Waals surface area contributed by atoms with Gasteiger partial charge in [-0.2, -0.15) is 0 Å². The Balaban J connectivity index is 1.74. The van der Waals surface area contributed by atoms with Crippen LogP contribution in [0.25, 0.3) is 0 Å². The van der Waals surface area contributed by atoms with Gasteiger partial charge in [-0.15, -0.1) is 0 Å². The molecule has 0 aromatic carbocycles. The number of imidazole rings is 1. The predicted molar refractivity (Wildman–Crippen MR) is 72.4 cm³/mol. The molecule has 1 atom stereocenters. The topological polar surface area (TPSA) is 50.2 Å². The molecule has 0 bridgehead atoms. The number of hydrogen-bond acceptors (Lipinski definition) is 3. The molecule has 1 aromatic heterocycles. The maximum Gasteiger partial charge on any atom is 0.240 e. The molecule has 1 amide bonds. The van der Waals surface area contributed by atoms with Crippen LogP contribution in [0.4, 0.5) is 0 Å². The zero-order chi connectivity index (χ0) is 13.5. The molecule has 0 spiro atoms. The molecule has 1 unspecified atom stereocenters. The second-order valence-corrected chi connectivity index (χ2v) is 6.28. The molecule has 2 aliphatic heterocycles. The Hall–Kier alpha value is -1.36. The second-order valence-electron chi connectivity index (χ2n) is 6.28. The minimum Gasteiger partial charge on any atom is -0.332 e. The summed E-state index contributed by atoms with van der Waals surface area (Å²) in [5, 5.41) is 3.41. The first-order valence-electron chi connectivity index (χ1n) is 7.10. The molecule has 3 rings (SSSR count). The van der Waals surface area contributed by atoms with Gasteiger partial charge in [-0.1, -0.05) is 13.8 Å². The maximum absolute atomic E-state index is 12.7. The second kappa shape index (κ2) is 4.63. The fraction of sp³-hybridized carbons (Fsp3) is 0.714. The number of nitrogens with zero attached hydrogens (tertiary/aromatic N) is 3. The summed E-state index contributed by atoms with van der Waals surface area (Å²) in [5.41, 5.74) is 0.0439. The van der Waals surface area contributed by atoms with Crippen molar-refractivity contribution in [3.8, 4) is 0 Å². The van der Waals surface area contributed by atoms with Gasteiger partial charge in [0.05, 0.1) is 12.6 Å². The summed E-state index contributed by atoms with van der Waals surface area (Å²) in [6.07, 6.45) is 6.06. The highest BCUT2D eigenvalue weighted by atomic mass is 16.2. The molecule has 3 heterocycles. The van der Waals surface area contributed by atoms with Crippen LogP contribution in [0.1, 0.15) is 32.5 Å². The van der Waals surface area contributed by atoms with Gasteiger partial charge in [0.15, 0.2) is 0 Å². The normalized spacial score (nSPS) is 26.0. The minimum absolute atomic E-state index is 0.0439. The van der Waals surface area contributed by atoms with Crippen molar-refractivity contribution < 1.29 is 4.79 Å². The first kappa shape index (κ1) is 12.7. The zero-order valence-electron chi connectivity index (χ0n) is 11.7. The van der Waals surface area contributed by atoms with E-state index in [4.69, 9.17) is 0 Å². The first-order valence-corrected chi connectivity index (χ1v) is 7.10. The molecule has 0 aliphatic carbocycles. The number of nitrogens with one attached hydrogen (secondary N) is 1. The van der Waals surface area contributed by atoms with Crippen LogP contribution in [-0.4, -0.2) is 39.5 Å². The van der Waals surface area contributed by atoms with Crippen LogP contribution in [-0.2, 0) is 17.9 Å². The lowest BCUT2D eigenvalue weighted by Gasteiger charge is -2.41. The van der Waals surface area contributed by atoms with Crippen molar-refractivity contribution >= 4 is 5.91 Å². The summed E-state index contributed by atoms with van der Waals surface area (Å²) in [4.78, 5) is 19.0. The summed E-state index contributed by atoms with van der Waals surface area (Å²) < 4.78 is 2.13. The average Bonchev–Trinajstić information content (AvgIpc) is 2.84. The number of amides is 1. The van der Waals surface area contributed by atoms with E-state index in [1.165, 1.54) is 0 Å². The van der Waals surface area contributed by atoms with Crippen molar-refractivity contribution in [2.75, 3.05) is 13.1 Å². The van der Waals surface area contributed by atoms with Crippen LogP contribution in [0.5, 0.6) is 0 Å². The fourth-order valence-electron chi connectivity index (χ4n) is 3.18. The first-order chi connectivity index (χ1) is 9.08. The molecule has 19 heavy (non-hydrogen) atoms. The Kier molecular flexibility index (Phi) is 3.09. The van der Waals surface area contributed by atoms with Crippen LogP contribution < -0.4 is 5.32 Å². The van der Waals surface area contributed by atoms with E-state index < -0.39 is 0 Å². The summed E-state index contributed by atoms with van der Waals surface area (Å²) >= 11 is 0. The summed E-state index contributed by atoms with van der Waals surface area (Å²) in [6.45, 7) is 7.60. The van der Waals surface area contributed by atoms with Gasteiger partial charge in [0.1, 0.15) is 5.82 Å². The van der Waals surface area contributed by atoms with Crippen molar-refractivity contribution in [2.45, 2.75) is 45.8 Å². The van der Waals surface area contributed by atoms with Crippen molar-refractivity contribution in [3.05, 3.63) is 18.2 Å². The Bertz CT molecular complexity index is 480. The quantitative estimate of drug-likeness (QED) is 0.821. The Morgan fingerprint density at radius 3 is 3.11 bits per heavy atom. The third kappa shape index (κ3) is 2.27. The van der Waals surface area contributed by atoms with Crippen molar-refractivity contribution in [2.24, 2.45) is 5.41 Å². The van der Waals surface area contributed by atoms with Crippen molar-refractivity contribution in [3.63, 3.8) is 0 Å². The van der Waals surface area contributed by atoms with Gasteiger partial charge < -0.3 is 14.8 Å². The van der Waals surface area contributed by atoms with Gasteiger partial charge >= 0.3 is 0 Å². The smallest absolute Gasteiger partial charge is 0.240 e. The molecule has 104 valence electrons. The van der Waals surface area contributed by atoms with Crippen LogP contribution in [0.15, 0.2) is 12.4 Å². The van der Waals surface area contributed by atoms with E-state index >= 15 is 0 Å². The van der Waals surface area contributed by atoms with E-state index in [1.807, 2.05) is 17.3 Å². The van der Waals surface area contributed by atoms with E-state index in [1.54, 1.807) is 0 Å². The van der Waals surface area contributed by atoms with Gasteiger partial charge in [-0.3, -0.25) is 4.79 Å². The molecular formula is C14H22N4O. The highest BCUT2D eigenvalue weighted by molar-refractivity contribution is 5.83. The number of carbonyl (C=O) groups is 1. The van der Waals surface area contributed by atoms with Crippen LogP contribution in [0, 0.1) is 5.41 Å². The molecule has 5 heteroatoms. The monoisotopic (exact) mass is 262 g/mol. The molecule has 1 fully saturated rings. The van der Waals surface area contributed by atoms with Gasteiger partial charge in [0.25, 0.3) is 0 Å². The van der Waals surface area contributed by atoms with E-state index in [0.717, 1.165) is 38.3 Å². The van der Waals surface area contributed by atoms with Gasteiger partial charge in [-0.25, -0.2) is 4.98 Å². The number of fused-ring (bicyclic) bond motifs is 1. The van der Waals surface area contributed by atoms with Crippen LogP contribution in [0.2, 0.25) is 0 Å². The average molecular weight is 262 g/mol. The largest absolute Gasteiger partial charge is 0.332 e. The van der Waals surface area contributed by atoms with E-state index in [-0.39, 0.29) is 17.4 Å². The lowest BCUT2D eigenvalue weighted by molar-refractivity contribution is -0.139. The molecule has 0 radical (unpaired) electrons. The molecule has 1 N–H and O–H groups in total. The summed E-state index contributed by atoms with van der Waals surface area (Å²) in [7, 11) is 0.